The number of H-pyrrole nitrogens is 1. The van der Waals surface area contributed by atoms with Gasteiger partial charge in [0.1, 0.15) is 10.8 Å². The van der Waals surface area contributed by atoms with E-state index in [-0.39, 0.29) is 15.8 Å². The van der Waals surface area contributed by atoms with Crippen LogP contribution in [0.1, 0.15) is 22.0 Å². The maximum atomic E-state index is 13.5. The van der Waals surface area contributed by atoms with Crippen LogP contribution < -0.4 is 5.32 Å². The standard InChI is InChI=1S/C18H13ClF3N5S/c19-15-13(7-11-9-25-16-12(11)4-2-6-24-16)28-17(27-15)26-14(18(20,21)22)10-3-1-5-23-8-10/h1-6,8-9,14H,7H2,(H,24,25)(H,26,27). The first kappa shape index (κ1) is 18.7. The van der Waals surface area contributed by atoms with Crippen molar-refractivity contribution in [1.29, 1.82) is 0 Å². The topological polar surface area (TPSA) is 66.5 Å². The van der Waals surface area contributed by atoms with Gasteiger partial charge in [0.2, 0.25) is 0 Å². The van der Waals surface area contributed by atoms with E-state index in [0.29, 0.717) is 11.3 Å². The zero-order valence-electron chi connectivity index (χ0n) is 14.2. The van der Waals surface area contributed by atoms with Gasteiger partial charge < -0.3 is 10.3 Å². The number of hydrogen-bond donors (Lipinski definition) is 2. The van der Waals surface area contributed by atoms with E-state index in [4.69, 9.17) is 11.6 Å². The molecule has 1 unspecified atom stereocenters. The Labute approximate surface area is 166 Å². The van der Waals surface area contributed by atoms with Gasteiger partial charge in [-0.2, -0.15) is 13.2 Å². The van der Waals surface area contributed by atoms with Crippen LogP contribution in [0.4, 0.5) is 18.3 Å². The molecule has 1 atom stereocenters. The zero-order valence-corrected chi connectivity index (χ0v) is 15.7. The van der Waals surface area contributed by atoms with Crippen LogP contribution in [-0.4, -0.2) is 26.1 Å². The Balaban J connectivity index is 1.60. The van der Waals surface area contributed by atoms with E-state index in [2.05, 4.69) is 25.3 Å². The minimum atomic E-state index is -4.51. The number of nitrogens with one attached hydrogen (secondary N) is 2. The van der Waals surface area contributed by atoms with Crippen molar-refractivity contribution in [2.75, 3.05) is 5.32 Å². The summed E-state index contributed by atoms with van der Waals surface area (Å²) in [4.78, 5) is 15.8. The second-order valence-corrected chi connectivity index (χ2v) is 7.47. The number of nitrogens with zero attached hydrogens (tertiary/aromatic N) is 3. The van der Waals surface area contributed by atoms with Gasteiger partial charge in [-0.1, -0.05) is 17.7 Å². The predicted octanol–water partition coefficient (Wildman–Crippen LogP) is 5.37. The SMILES string of the molecule is FC(F)(F)C(Nc1nc(Cl)c(Cc2c[nH]c3ncccc23)s1)c1cccnc1. The van der Waals surface area contributed by atoms with E-state index in [1.165, 1.54) is 24.5 Å². The monoisotopic (exact) mass is 423 g/mol. The average Bonchev–Trinajstić information content (AvgIpc) is 3.23. The van der Waals surface area contributed by atoms with Gasteiger partial charge in [-0.3, -0.25) is 4.98 Å². The highest BCUT2D eigenvalue weighted by molar-refractivity contribution is 7.16. The number of pyridine rings is 2. The van der Waals surface area contributed by atoms with Crippen molar-refractivity contribution in [3.05, 3.63) is 70.2 Å². The lowest BCUT2D eigenvalue weighted by atomic mass is 10.1. The summed E-state index contributed by atoms with van der Waals surface area (Å²) < 4.78 is 40.6. The van der Waals surface area contributed by atoms with E-state index < -0.39 is 12.2 Å². The van der Waals surface area contributed by atoms with Crippen LogP contribution in [0.5, 0.6) is 0 Å². The minimum absolute atomic E-state index is 0.00516. The molecule has 4 aromatic heterocycles. The van der Waals surface area contributed by atoms with Crippen molar-refractivity contribution in [1.82, 2.24) is 19.9 Å². The Kier molecular flexibility index (Phi) is 4.94. The fourth-order valence-electron chi connectivity index (χ4n) is 2.86. The molecular formula is C18H13ClF3N5S. The van der Waals surface area contributed by atoms with Crippen LogP contribution >= 0.6 is 22.9 Å². The van der Waals surface area contributed by atoms with Crippen LogP contribution in [0, 0.1) is 0 Å². The van der Waals surface area contributed by atoms with Crippen LogP contribution in [-0.2, 0) is 6.42 Å². The summed E-state index contributed by atoms with van der Waals surface area (Å²) in [6, 6.07) is 4.65. The third-order valence-electron chi connectivity index (χ3n) is 4.15. The number of halogens is 4. The van der Waals surface area contributed by atoms with Gasteiger partial charge in [0.15, 0.2) is 11.2 Å². The summed E-state index contributed by atoms with van der Waals surface area (Å²) in [7, 11) is 0. The Morgan fingerprint density at radius 2 is 2.04 bits per heavy atom. The molecule has 144 valence electrons. The first-order valence-electron chi connectivity index (χ1n) is 8.21. The highest BCUT2D eigenvalue weighted by Gasteiger charge is 2.41. The average molecular weight is 424 g/mol. The maximum Gasteiger partial charge on any atom is 0.412 e. The number of thiazole rings is 1. The number of aromatic nitrogens is 4. The molecule has 0 aliphatic rings. The fourth-order valence-corrected chi connectivity index (χ4v) is 4.08. The lowest BCUT2D eigenvalue weighted by Gasteiger charge is -2.21. The molecule has 4 aromatic rings. The van der Waals surface area contributed by atoms with Gasteiger partial charge in [0.05, 0.1) is 4.88 Å². The second kappa shape index (κ2) is 7.40. The summed E-state index contributed by atoms with van der Waals surface area (Å²) in [5.74, 6) is 0. The zero-order chi connectivity index (χ0) is 19.7. The molecule has 0 saturated heterocycles. The molecule has 0 radical (unpaired) electrons. The fraction of sp³-hybridized carbons (Fsp3) is 0.167. The molecule has 0 fully saturated rings. The van der Waals surface area contributed by atoms with Crippen molar-refractivity contribution in [2.45, 2.75) is 18.6 Å². The molecule has 0 spiro atoms. The van der Waals surface area contributed by atoms with Crippen molar-refractivity contribution in [3.8, 4) is 0 Å². The number of anilines is 1. The Morgan fingerprint density at radius 3 is 2.79 bits per heavy atom. The highest BCUT2D eigenvalue weighted by Crippen LogP contribution is 2.38. The number of rotatable bonds is 5. The normalized spacial score (nSPS) is 13.0. The molecule has 28 heavy (non-hydrogen) atoms. The van der Waals surface area contributed by atoms with Gasteiger partial charge in [0, 0.05) is 42.2 Å². The minimum Gasteiger partial charge on any atom is -0.346 e. The van der Waals surface area contributed by atoms with Crippen LogP contribution in [0.25, 0.3) is 11.0 Å². The molecule has 10 heteroatoms. The lowest BCUT2D eigenvalue weighted by molar-refractivity contribution is -0.144. The van der Waals surface area contributed by atoms with E-state index in [9.17, 15) is 13.2 Å². The summed E-state index contributed by atoms with van der Waals surface area (Å²) in [6.07, 6.45) is 2.03. The smallest absolute Gasteiger partial charge is 0.346 e. The van der Waals surface area contributed by atoms with E-state index >= 15 is 0 Å². The van der Waals surface area contributed by atoms with E-state index in [0.717, 1.165) is 27.9 Å². The van der Waals surface area contributed by atoms with E-state index in [1.54, 1.807) is 6.20 Å². The lowest BCUT2D eigenvalue weighted by Crippen LogP contribution is -2.27. The van der Waals surface area contributed by atoms with Crippen molar-refractivity contribution in [2.24, 2.45) is 0 Å². The van der Waals surface area contributed by atoms with Crippen LogP contribution in [0.2, 0.25) is 5.15 Å². The Morgan fingerprint density at radius 1 is 1.21 bits per heavy atom. The third kappa shape index (κ3) is 3.81. The number of aromatic amines is 1. The summed E-state index contributed by atoms with van der Waals surface area (Å²) in [5, 5.41) is 3.67. The molecule has 4 rings (SSSR count). The first-order chi connectivity index (χ1) is 13.4. The van der Waals surface area contributed by atoms with Gasteiger partial charge in [0.25, 0.3) is 0 Å². The Hall–Kier alpha value is -2.65. The molecule has 0 aliphatic carbocycles. The third-order valence-corrected chi connectivity index (χ3v) is 5.56. The summed E-state index contributed by atoms with van der Waals surface area (Å²) >= 11 is 7.29. The first-order valence-corrected chi connectivity index (χ1v) is 9.40. The molecule has 0 saturated carbocycles. The van der Waals surface area contributed by atoms with Crippen molar-refractivity contribution >= 4 is 39.1 Å². The molecule has 0 amide bonds. The Bertz CT molecular complexity index is 1090. The summed E-state index contributed by atoms with van der Waals surface area (Å²) in [6.45, 7) is 0. The highest BCUT2D eigenvalue weighted by atomic mass is 35.5. The second-order valence-electron chi connectivity index (χ2n) is 6.03. The predicted molar refractivity (Wildman–Crippen MR) is 103 cm³/mol. The molecular weight excluding hydrogens is 411 g/mol. The van der Waals surface area contributed by atoms with Gasteiger partial charge in [-0.15, -0.1) is 11.3 Å². The van der Waals surface area contributed by atoms with Crippen LogP contribution in [0.15, 0.2) is 49.1 Å². The molecule has 4 heterocycles. The van der Waals surface area contributed by atoms with Gasteiger partial charge in [-0.25, -0.2) is 9.97 Å². The molecule has 0 bridgehead atoms. The van der Waals surface area contributed by atoms with Gasteiger partial charge in [-0.05, 0) is 23.8 Å². The van der Waals surface area contributed by atoms with Crippen molar-refractivity contribution < 1.29 is 13.2 Å². The largest absolute Gasteiger partial charge is 0.412 e. The van der Waals surface area contributed by atoms with Crippen molar-refractivity contribution in [3.63, 3.8) is 0 Å². The maximum absolute atomic E-state index is 13.5. The summed E-state index contributed by atoms with van der Waals surface area (Å²) in [5.41, 5.74) is 1.69. The van der Waals surface area contributed by atoms with Crippen LogP contribution in [0.3, 0.4) is 0 Å². The quantitative estimate of drug-likeness (QED) is 0.452. The molecule has 0 aromatic carbocycles. The number of fused-ring (bicyclic) bond motifs is 1. The number of alkyl halides is 3. The van der Waals surface area contributed by atoms with E-state index in [1.807, 2.05) is 18.3 Å². The number of hydrogen-bond acceptors (Lipinski definition) is 5. The molecule has 0 aliphatic heterocycles. The molecule has 2 N–H and O–H groups in total. The van der Waals surface area contributed by atoms with Gasteiger partial charge >= 0.3 is 6.18 Å². The molecule has 5 nitrogen and oxygen atoms in total.